The molecule has 7 nitrogen and oxygen atoms in total. The molecule has 0 heterocycles. The van der Waals surface area contributed by atoms with Gasteiger partial charge in [0.25, 0.3) is 0 Å². The summed E-state index contributed by atoms with van der Waals surface area (Å²) in [5.74, 6) is -0.577. The van der Waals surface area contributed by atoms with Crippen LogP contribution in [-0.4, -0.2) is 79.7 Å². The Morgan fingerprint density at radius 3 is 1.74 bits per heavy atom. The lowest BCUT2D eigenvalue weighted by atomic mass is 9.98. The number of fused-ring (bicyclic) bond motifs is 3. The molecule has 0 spiro atoms. The van der Waals surface area contributed by atoms with Gasteiger partial charge < -0.3 is 24.7 Å². The molecule has 238 valence electrons. The average molecular weight is 636 g/mol. The summed E-state index contributed by atoms with van der Waals surface area (Å²) in [7, 11) is 0. The number of nitrogens with zero attached hydrogens (tertiary/aromatic N) is 2. The molecule has 1 aliphatic carbocycles. The van der Waals surface area contributed by atoms with E-state index in [1.54, 1.807) is 0 Å². The second kappa shape index (κ2) is 18.9. The molecule has 0 aromatic heterocycles. The normalized spacial score (nSPS) is 11.0. The number of carbonyl (C=O) groups is 2. The van der Waals surface area contributed by atoms with Crippen LogP contribution in [0.25, 0.3) is 33.0 Å². The summed E-state index contributed by atoms with van der Waals surface area (Å²) >= 11 is 0. The molecular formula is C34H48Cl2N2O5. The molecule has 0 radical (unpaired) electrons. The van der Waals surface area contributed by atoms with E-state index < -0.39 is 0 Å². The van der Waals surface area contributed by atoms with Gasteiger partial charge in [0.15, 0.2) is 0 Å². The van der Waals surface area contributed by atoms with E-state index in [2.05, 4.69) is 43.6 Å². The standard InChI is InChI=1S/C34H44N2O4.2ClH.H2O/c1-5-35(6-2)20-9-11-22-39-33(37)25-16-17-26-27-14-13-15-28-30(19-18-29(32(27)28)31(26)24-25)34(38)40-23-12-10-21-36(7-3)8-4;;;/h13-19,24H,5-12,20-23H2,1-4H3;2*1H;1H2. The third kappa shape index (κ3) is 9.16. The van der Waals surface area contributed by atoms with Crippen molar-refractivity contribution in [2.45, 2.75) is 53.4 Å². The average Bonchev–Trinajstić information content (AvgIpc) is 3.31. The molecule has 0 unspecified atom stereocenters. The van der Waals surface area contributed by atoms with Gasteiger partial charge >= 0.3 is 11.9 Å². The lowest BCUT2D eigenvalue weighted by molar-refractivity contribution is 0.0487. The minimum Gasteiger partial charge on any atom is -0.462 e. The van der Waals surface area contributed by atoms with Crippen molar-refractivity contribution in [1.82, 2.24) is 9.80 Å². The van der Waals surface area contributed by atoms with Crippen molar-refractivity contribution in [1.29, 1.82) is 0 Å². The number of benzene rings is 3. The summed E-state index contributed by atoms with van der Waals surface area (Å²) < 4.78 is 11.3. The zero-order chi connectivity index (χ0) is 28.5. The van der Waals surface area contributed by atoms with Gasteiger partial charge in [0.1, 0.15) is 0 Å². The highest BCUT2D eigenvalue weighted by Crippen LogP contribution is 2.48. The highest BCUT2D eigenvalue weighted by atomic mass is 35.5. The minimum atomic E-state index is -0.293. The zero-order valence-corrected chi connectivity index (χ0v) is 27.6. The van der Waals surface area contributed by atoms with Crippen molar-refractivity contribution in [2.75, 3.05) is 52.5 Å². The van der Waals surface area contributed by atoms with Crippen LogP contribution in [0.2, 0.25) is 0 Å². The molecule has 43 heavy (non-hydrogen) atoms. The minimum absolute atomic E-state index is 0. The Kier molecular flexibility index (Phi) is 16.8. The van der Waals surface area contributed by atoms with Gasteiger partial charge in [0, 0.05) is 0 Å². The largest absolute Gasteiger partial charge is 0.462 e. The fourth-order valence-electron chi connectivity index (χ4n) is 5.61. The lowest BCUT2D eigenvalue weighted by Crippen LogP contribution is -2.24. The van der Waals surface area contributed by atoms with Gasteiger partial charge in [0.2, 0.25) is 0 Å². The van der Waals surface area contributed by atoms with Crippen molar-refractivity contribution in [3.63, 3.8) is 0 Å². The Balaban J connectivity index is 0.00000308. The van der Waals surface area contributed by atoms with E-state index in [0.717, 1.165) is 98.0 Å². The maximum atomic E-state index is 13.0. The van der Waals surface area contributed by atoms with Crippen LogP contribution in [-0.2, 0) is 9.47 Å². The van der Waals surface area contributed by atoms with E-state index >= 15 is 0 Å². The number of halogens is 2. The van der Waals surface area contributed by atoms with Crippen molar-refractivity contribution >= 4 is 47.5 Å². The molecule has 2 N–H and O–H groups in total. The summed E-state index contributed by atoms with van der Waals surface area (Å²) in [5, 5.41) is 1.92. The van der Waals surface area contributed by atoms with Crippen LogP contribution >= 0.6 is 24.8 Å². The van der Waals surface area contributed by atoms with Crippen LogP contribution in [0, 0.1) is 0 Å². The molecular weight excluding hydrogens is 587 g/mol. The quantitative estimate of drug-likeness (QED) is 0.0967. The number of carbonyl (C=O) groups excluding carboxylic acids is 2. The Bertz CT molecular complexity index is 1330. The summed E-state index contributed by atoms with van der Waals surface area (Å²) in [6, 6.07) is 15.7. The summed E-state index contributed by atoms with van der Waals surface area (Å²) in [4.78, 5) is 30.6. The van der Waals surface area contributed by atoms with Crippen molar-refractivity contribution in [2.24, 2.45) is 0 Å². The van der Waals surface area contributed by atoms with Gasteiger partial charge in [-0.1, -0.05) is 58.0 Å². The summed E-state index contributed by atoms with van der Waals surface area (Å²) in [6.45, 7) is 15.7. The zero-order valence-electron chi connectivity index (χ0n) is 25.9. The fraction of sp³-hybridized carbons (Fsp3) is 0.471. The molecule has 0 atom stereocenters. The van der Waals surface area contributed by atoms with Gasteiger partial charge in [-0.25, -0.2) is 9.59 Å². The van der Waals surface area contributed by atoms with E-state index in [9.17, 15) is 9.59 Å². The third-order valence-corrected chi connectivity index (χ3v) is 8.09. The first-order valence-corrected chi connectivity index (χ1v) is 15.0. The lowest BCUT2D eigenvalue weighted by Gasteiger charge is -2.17. The monoisotopic (exact) mass is 634 g/mol. The molecule has 0 amide bonds. The molecule has 9 heteroatoms. The van der Waals surface area contributed by atoms with Crippen LogP contribution in [0.4, 0.5) is 0 Å². The van der Waals surface area contributed by atoms with E-state index in [1.807, 2.05) is 42.5 Å². The molecule has 3 aromatic rings. The van der Waals surface area contributed by atoms with Crippen molar-refractivity contribution in [3.05, 3.63) is 59.7 Å². The van der Waals surface area contributed by atoms with Crippen LogP contribution in [0.15, 0.2) is 48.5 Å². The van der Waals surface area contributed by atoms with Gasteiger partial charge in [-0.3, -0.25) is 0 Å². The highest BCUT2D eigenvalue weighted by Gasteiger charge is 2.25. The van der Waals surface area contributed by atoms with Crippen LogP contribution in [0.3, 0.4) is 0 Å². The van der Waals surface area contributed by atoms with Crippen LogP contribution < -0.4 is 0 Å². The number of esters is 2. The number of ether oxygens (including phenoxy) is 2. The van der Waals surface area contributed by atoms with Crippen LogP contribution in [0.5, 0.6) is 0 Å². The third-order valence-electron chi connectivity index (χ3n) is 8.09. The predicted molar refractivity (Wildman–Crippen MR) is 181 cm³/mol. The van der Waals surface area contributed by atoms with Gasteiger partial charge in [-0.15, -0.1) is 24.8 Å². The number of hydrogen-bond acceptors (Lipinski definition) is 6. The molecule has 3 aromatic carbocycles. The van der Waals surface area contributed by atoms with Crippen molar-refractivity contribution < 1.29 is 24.5 Å². The maximum absolute atomic E-state index is 13.0. The van der Waals surface area contributed by atoms with E-state index in [1.165, 1.54) is 0 Å². The van der Waals surface area contributed by atoms with Crippen LogP contribution in [0.1, 0.15) is 74.1 Å². The van der Waals surface area contributed by atoms with Gasteiger partial charge in [-0.05, 0) is 116 Å². The second-order valence-electron chi connectivity index (χ2n) is 10.4. The molecule has 4 rings (SSSR count). The topological polar surface area (TPSA) is 90.6 Å². The Morgan fingerprint density at radius 1 is 0.628 bits per heavy atom. The smallest absolute Gasteiger partial charge is 0.338 e. The fourth-order valence-corrected chi connectivity index (χ4v) is 5.61. The van der Waals surface area contributed by atoms with Gasteiger partial charge in [0.05, 0.1) is 24.3 Å². The Labute approximate surface area is 269 Å². The molecule has 0 aliphatic heterocycles. The molecule has 0 bridgehead atoms. The SMILES string of the molecule is CCN(CC)CCCCOC(=O)c1ccc2c(c1)-c1ccc(C(=O)OCCCCN(CC)CC)c3cccc-2c13.Cl.Cl.O. The van der Waals surface area contributed by atoms with E-state index in [4.69, 9.17) is 9.47 Å². The molecule has 0 saturated heterocycles. The summed E-state index contributed by atoms with van der Waals surface area (Å²) in [6.07, 6.45) is 3.73. The van der Waals surface area contributed by atoms with Gasteiger partial charge in [-0.2, -0.15) is 0 Å². The van der Waals surface area contributed by atoms with Crippen molar-refractivity contribution in [3.8, 4) is 22.3 Å². The second-order valence-corrected chi connectivity index (χ2v) is 10.4. The first-order valence-electron chi connectivity index (χ1n) is 15.0. The Morgan fingerprint density at radius 2 is 1.16 bits per heavy atom. The number of hydrogen-bond donors (Lipinski definition) is 0. The molecule has 1 aliphatic rings. The first-order chi connectivity index (χ1) is 19.5. The summed E-state index contributed by atoms with van der Waals surface area (Å²) in [5.41, 5.74) is 5.31. The molecule has 0 saturated carbocycles. The maximum Gasteiger partial charge on any atom is 0.338 e. The van der Waals surface area contributed by atoms with E-state index in [-0.39, 0.29) is 42.2 Å². The van der Waals surface area contributed by atoms with E-state index in [0.29, 0.717) is 24.3 Å². The predicted octanol–water partition coefficient (Wildman–Crippen LogP) is 7.06. The highest BCUT2D eigenvalue weighted by molar-refractivity contribution is 6.20. The Hall–Kier alpha value is -2.68. The molecule has 0 fully saturated rings. The number of rotatable bonds is 16. The number of unbranched alkanes of at least 4 members (excludes halogenated alkanes) is 2. The first kappa shape index (κ1) is 38.3.